The Kier molecular flexibility index (Phi) is 4.24. The third-order valence-electron chi connectivity index (χ3n) is 2.64. The smallest absolute Gasteiger partial charge is 0.173 e. The van der Waals surface area contributed by atoms with Gasteiger partial charge in [0.05, 0.1) is 10.0 Å². The predicted octanol–water partition coefficient (Wildman–Crippen LogP) is 3.78. The van der Waals surface area contributed by atoms with Gasteiger partial charge in [-0.2, -0.15) is 0 Å². The van der Waals surface area contributed by atoms with E-state index in [2.05, 4.69) is 21.1 Å². The monoisotopic (exact) mass is 338 g/mol. The summed E-state index contributed by atoms with van der Waals surface area (Å²) in [4.78, 5) is 0. The summed E-state index contributed by atoms with van der Waals surface area (Å²) in [5.41, 5.74) is 6.96. The van der Waals surface area contributed by atoms with Crippen molar-refractivity contribution < 1.29 is 14.3 Å². The molecule has 2 rings (SSSR count). The van der Waals surface area contributed by atoms with Crippen LogP contribution in [0.5, 0.6) is 11.5 Å². The van der Waals surface area contributed by atoms with E-state index in [0.29, 0.717) is 21.5 Å². The molecule has 0 bridgehead atoms. The molecular weight excluding hydrogens is 327 g/mol. The summed E-state index contributed by atoms with van der Waals surface area (Å²) in [6.07, 6.45) is 0. The van der Waals surface area contributed by atoms with Crippen LogP contribution >= 0.6 is 15.9 Å². The lowest BCUT2D eigenvalue weighted by atomic mass is 10.1. The molecule has 2 aromatic rings. The standard InChI is InChI=1S/C14H12BrFN2O2/c1-8-2-4-10(14(17)18-19)13(6-8)20-9-3-5-11(15)12(16)7-9/h2-7,19H,1H3,(H2,17,18). The van der Waals surface area contributed by atoms with Crippen molar-refractivity contribution in [3.8, 4) is 11.5 Å². The van der Waals surface area contributed by atoms with Crippen molar-refractivity contribution in [3.63, 3.8) is 0 Å². The molecule has 104 valence electrons. The minimum atomic E-state index is -0.430. The van der Waals surface area contributed by atoms with Crippen LogP contribution in [0.4, 0.5) is 4.39 Å². The van der Waals surface area contributed by atoms with Gasteiger partial charge in [-0.3, -0.25) is 0 Å². The molecule has 0 aliphatic heterocycles. The average Bonchev–Trinajstić information content (AvgIpc) is 2.42. The summed E-state index contributed by atoms with van der Waals surface area (Å²) in [5, 5.41) is 11.7. The van der Waals surface area contributed by atoms with Crippen LogP contribution in [-0.4, -0.2) is 11.0 Å². The molecule has 2 aromatic carbocycles. The number of hydrogen-bond acceptors (Lipinski definition) is 3. The molecule has 0 saturated carbocycles. The molecule has 3 N–H and O–H groups in total. The normalized spacial score (nSPS) is 11.4. The van der Waals surface area contributed by atoms with Gasteiger partial charge in [-0.15, -0.1) is 0 Å². The van der Waals surface area contributed by atoms with Gasteiger partial charge in [-0.25, -0.2) is 4.39 Å². The highest BCUT2D eigenvalue weighted by Crippen LogP contribution is 2.29. The first-order valence-electron chi connectivity index (χ1n) is 5.72. The van der Waals surface area contributed by atoms with Crippen LogP contribution in [0.3, 0.4) is 0 Å². The number of oxime groups is 1. The Morgan fingerprint density at radius 3 is 2.70 bits per heavy atom. The molecule has 0 amide bonds. The zero-order valence-corrected chi connectivity index (χ0v) is 12.2. The summed E-state index contributed by atoms with van der Waals surface area (Å²) >= 11 is 3.07. The summed E-state index contributed by atoms with van der Waals surface area (Å²) in [7, 11) is 0. The molecule has 6 heteroatoms. The second kappa shape index (κ2) is 5.92. The minimum Gasteiger partial charge on any atom is -0.456 e. The van der Waals surface area contributed by atoms with Crippen molar-refractivity contribution in [3.05, 3.63) is 57.8 Å². The highest BCUT2D eigenvalue weighted by molar-refractivity contribution is 9.10. The maximum Gasteiger partial charge on any atom is 0.173 e. The van der Waals surface area contributed by atoms with Crippen molar-refractivity contribution in [2.75, 3.05) is 0 Å². The second-order valence-electron chi connectivity index (χ2n) is 4.16. The maximum atomic E-state index is 13.5. The first kappa shape index (κ1) is 14.3. The van der Waals surface area contributed by atoms with Crippen molar-refractivity contribution >= 4 is 21.8 Å². The van der Waals surface area contributed by atoms with Crippen molar-refractivity contribution in [2.45, 2.75) is 6.92 Å². The summed E-state index contributed by atoms with van der Waals surface area (Å²) < 4.78 is 19.4. The van der Waals surface area contributed by atoms with E-state index in [0.717, 1.165) is 5.56 Å². The first-order valence-corrected chi connectivity index (χ1v) is 6.52. The molecule has 0 aliphatic carbocycles. The van der Waals surface area contributed by atoms with Crippen LogP contribution in [-0.2, 0) is 0 Å². The fourth-order valence-electron chi connectivity index (χ4n) is 1.65. The van der Waals surface area contributed by atoms with Crippen LogP contribution in [0.15, 0.2) is 46.0 Å². The Hall–Kier alpha value is -2.08. The molecule has 0 atom stereocenters. The highest BCUT2D eigenvalue weighted by Gasteiger charge is 2.11. The Labute approximate surface area is 123 Å². The molecule has 0 aliphatic rings. The topological polar surface area (TPSA) is 67.8 Å². The van der Waals surface area contributed by atoms with Crippen molar-refractivity contribution in [1.29, 1.82) is 0 Å². The third kappa shape index (κ3) is 3.08. The van der Waals surface area contributed by atoms with Crippen LogP contribution in [0, 0.1) is 12.7 Å². The van der Waals surface area contributed by atoms with Gasteiger partial charge in [0.25, 0.3) is 0 Å². The lowest BCUT2D eigenvalue weighted by Crippen LogP contribution is -2.14. The number of aryl methyl sites for hydroxylation is 1. The SMILES string of the molecule is Cc1ccc(C(N)=NO)c(Oc2ccc(Br)c(F)c2)c1. The molecule has 4 nitrogen and oxygen atoms in total. The largest absolute Gasteiger partial charge is 0.456 e. The Morgan fingerprint density at radius 1 is 1.30 bits per heavy atom. The molecule has 20 heavy (non-hydrogen) atoms. The lowest BCUT2D eigenvalue weighted by Gasteiger charge is -2.11. The number of benzene rings is 2. The summed E-state index contributed by atoms with van der Waals surface area (Å²) in [5.74, 6) is 0.211. The van der Waals surface area contributed by atoms with E-state index in [9.17, 15) is 4.39 Å². The van der Waals surface area contributed by atoms with Gasteiger partial charge in [0.1, 0.15) is 17.3 Å². The number of nitrogens with zero attached hydrogens (tertiary/aromatic N) is 1. The van der Waals surface area contributed by atoms with Gasteiger partial charge >= 0.3 is 0 Å². The van der Waals surface area contributed by atoms with Gasteiger partial charge in [0.2, 0.25) is 0 Å². The van der Waals surface area contributed by atoms with Gasteiger partial charge < -0.3 is 15.7 Å². The van der Waals surface area contributed by atoms with Crippen LogP contribution in [0.2, 0.25) is 0 Å². The third-order valence-corrected chi connectivity index (χ3v) is 3.28. The van der Waals surface area contributed by atoms with E-state index in [4.69, 9.17) is 15.7 Å². The van der Waals surface area contributed by atoms with Gasteiger partial charge in [-0.05, 0) is 52.7 Å². The van der Waals surface area contributed by atoms with E-state index in [-0.39, 0.29) is 5.84 Å². The Balaban J connectivity index is 2.41. The zero-order chi connectivity index (χ0) is 14.7. The lowest BCUT2D eigenvalue weighted by molar-refractivity contribution is 0.318. The zero-order valence-electron chi connectivity index (χ0n) is 10.6. The Bertz CT molecular complexity index is 674. The first-order chi connectivity index (χ1) is 9.51. The quantitative estimate of drug-likeness (QED) is 0.387. The van der Waals surface area contributed by atoms with E-state index in [1.54, 1.807) is 24.3 Å². The maximum absolute atomic E-state index is 13.5. The van der Waals surface area contributed by atoms with E-state index in [1.807, 2.05) is 13.0 Å². The fraction of sp³-hybridized carbons (Fsp3) is 0.0714. The molecule has 0 saturated heterocycles. The number of hydrogen-bond donors (Lipinski definition) is 2. The molecule has 0 heterocycles. The number of ether oxygens (including phenoxy) is 1. The summed E-state index contributed by atoms with van der Waals surface area (Å²) in [6, 6.07) is 9.63. The second-order valence-corrected chi connectivity index (χ2v) is 5.02. The van der Waals surface area contributed by atoms with Gasteiger partial charge in [0, 0.05) is 6.07 Å². The highest BCUT2D eigenvalue weighted by atomic mass is 79.9. The van der Waals surface area contributed by atoms with Gasteiger partial charge in [0.15, 0.2) is 5.84 Å². The van der Waals surface area contributed by atoms with Crippen LogP contribution in [0.1, 0.15) is 11.1 Å². The molecule has 0 spiro atoms. The van der Waals surface area contributed by atoms with E-state index < -0.39 is 5.82 Å². The molecule has 0 aromatic heterocycles. The molecule has 0 unspecified atom stereocenters. The minimum absolute atomic E-state index is 0.0717. The Morgan fingerprint density at radius 2 is 2.05 bits per heavy atom. The number of nitrogens with two attached hydrogens (primary N) is 1. The van der Waals surface area contributed by atoms with E-state index >= 15 is 0 Å². The van der Waals surface area contributed by atoms with Gasteiger partial charge in [-0.1, -0.05) is 11.2 Å². The average molecular weight is 339 g/mol. The fourth-order valence-corrected chi connectivity index (χ4v) is 1.89. The molecule has 0 radical (unpaired) electrons. The van der Waals surface area contributed by atoms with Crippen molar-refractivity contribution in [2.24, 2.45) is 10.9 Å². The molecule has 0 fully saturated rings. The van der Waals surface area contributed by atoms with Crippen LogP contribution < -0.4 is 10.5 Å². The number of amidine groups is 1. The van der Waals surface area contributed by atoms with Crippen LogP contribution in [0.25, 0.3) is 0 Å². The number of halogens is 2. The predicted molar refractivity (Wildman–Crippen MR) is 77.9 cm³/mol. The van der Waals surface area contributed by atoms with Crippen molar-refractivity contribution in [1.82, 2.24) is 0 Å². The van der Waals surface area contributed by atoms with E-state index in [1.165, 1.54) is 6.07 Å². The molecular formula is C14H12BrFN2O2. The number of rotatable bonds is 3. The summed E-state index contributed by atoms with van der Waals surface area (Å²) in [6.45, 7) is 1.88.